The van der Waals surface area contributed by atoms with Crippen molar-refractivity contribution in [3.8, 4) is 0 Å². The third-order valence-electron chi connectivity index (χ3n) is 4.39. The third kappa shape index (κ3) is 3.46. The van der Waals surface area contributed by atoms with Gasteiger partial charge in [-0.1, -0.05) is 18.2 Å². The molecule has 7 heteroatoms. The van der Waals surface area contributed by atoms with Crippen molar-refractivity contribution in [2.45, 2.75) is 6.04 Å². The topological polar surface area (TPSA) is 66.8 Å². The molecule has 1 fully saturated rings. The van der Waals surface area contributed by atoms with Gasteiger partial charge < -0.3 is 14.7 Å². The van der Waals surface area contributed by atoms with Crippen molar-refractivity contribution in [2.75, 3.05) is 20.3 Å². The molecule has 2 aromatic rings. The van der Waals surface area contributed by atoms with Crippen LogP contribution in [0.1, 0.15) is 17.2 Å². The van der Waals surface area contributed by atoms with E-state index >= 15 is 0 Å². The molecule has 5 nitrogen and oxygen atoms in total. The zero-order valence-electron chi connectivity index (χ0n) is 14.5. The summed E-state index contributed by atoms with van der Waals surface area (Å²) in [5, 5.41) is 10.7. The molecule has 0 aromatic heterocycles. The summed E-state index contributed by atoms with van der Waals surface area (Å²) in [6.07, 6.45) is 0. The van der Waals surface area contributed by atoms with Gasteiger partial charge in [-0.2, -0.15) is 0 Å². The summed E-state index contributed by atoms with van der Waals surface area (Å²) < 4.78 is 32.6. The smallest absolute Gasteiger partial charge is 0.295 e. The molecule has 1 amide bonds. The highest BCUT2D eigenvalue weighted by atomic mass is 19.1. The van der Waals surface area contributed by atoms with Gasteiger partial charge in [0.15, 0.2) is 0 Å². The van der Waals surface area contributed by atoms with Crippen LogP contribution in [-0.2, 0) is 14.3 Å². The predicted molar refractivity (Wildman–Crippen MR) is 93.7 cm³/mol. The second kappa shape index (κ2) is 7.67. The van der Waals surface area contributed by atoms with Crippen LogP contribution in [-0.4, -0.2) is 42.0 Å². The summed E-state index contributed by atoms with van der Waals surface area (Å²) in [6.45, 7) is 0.175. The predicted octanol–water partition coefficient (Wildman–Crippen LogP) is 3.03. The molecule has 0 aliphatic carbocycles. The Morgan fingerprint density at radius 3 is 2.41 bits per heavy atom. The Bertz CT molecular complexity index is 908. The molecule has 0 spiro atoms. The Labute approximate surface area is 154 Å². The summed E-state index contributed by atoms with van der Waals surface area (Å²) in [4.78, 5) is 26.3. The molecule has 1 saturated heterocycles. The molecular formula is C20H17F2NO4. The van der Waals surface area contributed by atoms with Gasteiger partial charge in [-0.05, 0) is 30.3 Å². The first-order valence-electron chi connectivity index (χ1n) is 8.23. The van der Waals surface area contributed by atoms with Crippen molar-refractivity contribution < 1.29 is 28.2 Å². The second-order valence-corrected chi connectivity index (χ2v) is 6.01. The average molecular weight is 373 g/mol. The minimum absolute atomic E-state index is 0.0419. The zero-order valence-corrected chi connectivity index (χ0v) is 14.5. The first kappa shape index (κ1) is 18.7. The number of rotatable bonds is 5. The van der Waals surface area contributed by atoms with E-state index in [0.29, 0.717) is 0 Å². The van der Waals surface area contributed by atoms with Crippen LogP contribution >= 0.6 is 0 Å². The van der Waals surface area contributed by atoms with Crippen molar-refractivity contribution in [2.24, 2.45) is 0 Å². The molecule has 27 heavy (non-hydrogen) atoms. The van der Waals surface area contributed by atoms with Crippen LogP contribution in [0.5, 0.6) is 0 Å². The van der Waals surface area contributed by atoms with E-state index in [4.69, 9.17) is 4.74 Å². The van der Waals surface area contributed by atoms with Crippen LogP contribution in [0.2, 0.25) is 0 Å². The number of aliphatic hydroxyl groups excluding tert-OH is 1. The van der Waals surface area contributed by atoms with Gasteiger partial charge in [-0.15, -0.1) is 0 Å². The number of likely N-dealkylation sites (tertiary alicyclic amines) is 1. The maximum absolute atomic E-state index is 14.4. The van der Waals surface area contributed by atoms with Crippen LogP contribution in [0, 0.1) is 11.6 Å². The molecular weight excluding hydrogens is 356 g/mol. The van der Waals surface area contributed by atoms with E-state index in [-0.39, 0.29) is 29.9 Å². The standard InChI is InChI=1S/C20H17F2NO4/c1-27-11-10-23-17(14-4-2-3-5-15(14)22)16(19(25)20(23)26)18(24)12-6-8-13(21)9-7-12/h2-9,17,24H,10-11H2,1H3/b18-16-. The number of carbonyl (C=O) groups excluding carboxylic acids is 2. The number of hydrogen-bond acceptors (Lipinski definition) is 4. The fraction of sp³-hybridized carbons (Fsp3) is 0.200. The molecule has 0 bridgehead atoms. The summed E-state index contributed by atoms with van der Waals surface area (Å²) in [5.74, 6) is -3.40. The third-order valence-corrected chi connectivity index (χ3v) is 4.39. The maximum Gasteiger partial charge on any atom is 0.295 e. The van der Waals surface area contributed by atoms with Crippen molar-refractivity contribution in [3.63, 3.8) is 0 Å². The van der Waals surface area contributed by atoms with Gasteiger partial charge in [0.2, 0.25) is 0 Å². The maximum atomic E-state index is 14.4. The molecule has 2 aromatic carbocycles. The fourth-order valence-electron chi connectivity index (χ4n) is 3.08. The van der Waals surface area contributed by atoms with E-state index in [9.17, 15) is 23.5 Å². The van der Waals surface area contributed by atoms with Crippen molar-refractivity contribution in [3.05, 3.63) is 76.9 Å². The van der Waals surface area contributed by atoms with Crippen LogP contribution < -0.4 is 0 Å². The van der Waals surface area contributed by atoms with Crippen molar-refractivity contribution in [1.29, 1.82) is 0 Å². The molecule has 1 N–H and O–H groups in total. The lowest BCUT2D eigenvalue weighted by atomic mass is 9.95. The number of benzene rings is 2. The van der Waals surface area contributed by atoms with Gasteiger partial charge in [0.1, 0.15) is 17.4 Å². The van der Waals surface area contributed by atoms with Gasteiger partial charge in [-0.3, -0.25) is 9.59 Å². The van der Waals surface area contributed by atoms with E-state index in [1.807, 2.05) is 0 Å². The molecule has 140 valence electrons. The number of aliphatic hydroxyl groups is 1. The summed E-state index contributed by atoms with van der Waals surface area (Å²) in [6, 6.07) is 9.42. The Morgan fingerprint density at radius 2 is 1.78 bits per heavy atom. The summed E-state index contributed by atoms with van der Waals surface area (Å²) >= 11 is 0. The molecule has 3 rings (SSSR count). The first-order valence-corrected chi connectivity index (χ1v) is 8.23. The monoisotopic (exact) mass is 373 g/mol. The van der Waals surface area contributed by atoms with Crippen LogP contribution in [0.25, 0.3) is 5.76 Å². The molecule has 0 radical (unpaired) electrons. The number of nitrogens with zero attached hydrogens (tertiary/aromatic N) is 1. The van der Waals surface area contributed by atoms with E-state index in [2.05, 4.69) is 0 Å². The molecule has 1 heterocycles. The highest BCUT2D eigenvalue weighted by Crippen LogP contribution is 2.40. The minimum Gasteiger partial charge on any atom is -0.507 e. The number of amides is 1. The number of Topliss-reactive ketones (excluding diaryl/α,β-unsaturated/α-hetero) is 1. The zero-order chi connectivity index (χ0) is 19.6. The second-order valence-electron chi connectivity index (χ2n) is 6.01. The summed E-state index contributed by atoms with van der Waals surface area (Å²) in [7, 11) is 1.44. The number of hydrogen-bond donors (Lipinski definition) is 1. The molecule has 1 unspecified atom stereocenters. The van der Waals surface area contributed by atoms with Crippen molar-refractivity contribution in [1.82, 2.24) is 4.90 Å². The van der Waals surface area contributed by atoms with Gasteiger partial charge in [0, 0.05) is 24.8 Å². The Kier molecular flexibility index (Phi) is 5.32. The number of carbonyl (C=O) groups is 2. The van der Waals surface area contributed by atoms with Crippen LogP contribution in [0.4, 0.5) is 8.78 Å². The SMILES string of the molecule is COCCN1C(=O)C(=O)/C(=C(\O)c2ccc(F)cc2)C1c1ccccc1F. The van der Waals surface area contributed by atoms with E-state index < -0.39 is 35.1 Å². The molecule has 0 saturated carbocycles. The normalized spacial score (nSPS) is 18.9. The average Bonchev–Trinajstić information content (AvgIpc) is 2.91. The van der Waals surface area contributed by atoms with Gasteiger partial charge in [-0.25, -0.2) is 8.78 Å². The largest absolute Gasteiger partial charge is 0.507 e. The highest BCUT2D eigenvalue weighted by molar-refractivity contribution is 6.46. The number of ether oxygens (including phenoxy) is 1. The fourth-order valence-corrected chi connectivity index (χ4v) is 3.08. The lowest BCUT2D eigenvalue weighted by Crippen LogP contribution is -2.33. The minimum atomic E-state index is -1.11. The molecule has 1 atom stereocenters. The van der Waals surface area contributed by atoms with Crippen molar-refractivity contribution >= 4 is 17.4 Å². The number of ketones is 1. The van der Waals surface area contributed by atoms with E-state index in [1.54, 1.807) is 6.07 Å². The Morgan fingerprint density at radius 1 is 1.11 bits per heavy atom. The van der Waals surface area contributed by atoms with Gasteiger partial charge in [0.05, 0.1) is 18.2 Å². The summed E-state index contributed by atoms with van der Waals surface area (Å²) in [5.41, 5.74) is -0.00763. The lowest BCUT2D eigenvalue weighted by molar-refractivity contribution is -0.140. The molecule has 1 aliphatic rings. The van der Waals surface area contributed by atoms with E-state index in [1.165, 1.54) is 42.3 Å². The lowest BCUT2D eigenvalue weighted by Gasteiger charge is -2.25. The number of halogens is 2. The van der Waals surface area contributed by atoms with Gasteiger partial charge >= 0.3 is 0 Å². The van der Waals surface area contributed by atoms with Crippen LogP contribution in [0.3, 0.4) is 0 Å². The Balaban J connectivity index is 2.18. The van der Waals surface area contributed by atoms with E-state index in [0.717, 1.165) is 12.1 Å². The first-order chi connectivity index (χ1) is 13.0. The number of methoxy groups -OCH3 is 1. The van der Waals surface area contributed by atoms with Gasteiger partial charge in [0.25, 0.3) is 11.7 Å². The van der Waals surface area contributed by atoms with Crippen LogP contribution in [0.15, 0.2) is 54.1 Å². The highest BCUT2D eigenvalue weighted by Gasteiger charge is 2.46. The Hall–Kier alpha value is -3.06. The quantitative estimate of drug-likeness (QED) is 0.497. The molecule has 1 aliphatic heterocycles.